The van der Waals surface area contributed by atoms with Crippen LogP contribution in [0.1, 0.15) is 45.9 Å². The second-order valence-electron chi connectivity index (χ2n) is 6.85. The van der Waals surface area contributed by atoms with Gasteiger partial charge in [0.05, 0.1) is 13.2 Å². The molecule has 0 N–H and O–H groups in total. The van der Waals surface area contributed by atoms with Crippen LogP contribution >= 0.6 is 0 Å². The highest BCUT2D eigenvalue weighted by molar-refractivity contribution is 5.32. The molecule has 0 radical (unpaired) electrons. The first kappa shape index (κ1) is 17.5. The maximum Gasteiger partial charge on any atom is 0.228 e. The maximum atomic E-state index is 13.8. The molecule has 1 heterocycles. The van der Waals surface area contributed by atoms with Gasteiger partial charge < -0.3 is 14.2 Å². The third kappa shape index (κ3) is 3.86. The maximum absolute atomic E-state index is 13.8. The van der Waals surface area contributed by atoms with Crippen LogP contribution in [0, 0.1) is 29.4 Å². The second-order valence-corrected chi connectivity index (χ2v) is 6.85. The predicted molar refractivity (Wildman–Crippen MR) is 84.3 cm³/mol. The van der Waals surface area contributed by atoms with Crippen LogP contribution in [0.4, 0.5) is 13.2 Å². The van der Waals surface area contributed by atoms with E-state index >= 15 is 0 Å². The molecule has 2 aliphatic rings. The van der Waals surface area contributed by atoms with Gasteiger partial charge in [-0.3, -0.25) is 0 Å². The zero-order valence-electron chi connectivity index (χ0n) is 13.8. The molecule has 1 aliphatic carbocycles. The minimum atomic E-state index is -1.29. The fraction of sp³-hybridized carbons (Fsp3) is 0.667. The number of rotatable bonds is 4. The molecule has 1 aliphatic heterocycles. The Kier molecular flexibility index (Phi) is 5.66. The monoisotopic (exact) mass is 346 g/mol. The van der Waals surface area contributed by atoms with Gasteiger partial charge in [-0.15, -0.1) is 0 Å². The summed E-state index contributed by atoms with van der Waals surface area (Å²) < 4.78 is 55.5. The summed E-state index contributed by atoms with van der Waals surface area (Å²) >= 11 is 0. The van der Waals surface area contributed by atoms with Gasteiger partial charge >= 0.3 is 0 Å². The Bertz CT molecular complexity index is 533. The Morgan fingerprint density at radius 1 is 1.04 bits per heavy atom. The molecule has 24 heavy (non-hydrogen) atoms. The van der Waals surface area contributed by atoms with Gasteiger partial charge in [-0.2, -0.15) is 0 Å². The van der Waals surface area contributed by atoms with E-state index in [9.17, 15) is 13.2 Å². The van der Waals surface area contributed by atoms with Crippen molar-refractivity contribution in [2.24, 2.45) is 17.8 Å². The van der Waals surface area contributed by atoms with E-state index in [1.165, 1.54) is 25.7 Å². The smallest absolute Gasteiger partial charge is 0.228 e. The van der Waals surface area contributed by atoms with Crippen molar-refractivity contribution in [3.63, 3.8) is 0 Å². The molecule has 136 valence electrons. The van der Waals surface area contributed by atoms with Gasteiger partial charge in [0, 0.05) is 12.9 Å². The first-order valence-corrected chi connectivity index (χ1v) is 8.49. The van der Waals surface area contributed by atoms with Crippen LogP contribution in [0.3, 0.4) is 0 Å². The van der Waals surface area contributed by atoms with Gasteiger partial charge in [0.2, 0.25) is 6.86 Å². The standard InChI is InChI=1S/C18H23F3O3.H2/c1-11-2-4-12(5-3-11)14-8-22-18(23-9-14)13-6-15(20)17(24-10-19)16(21)7-13;/h6-7,11-12,14,18H,2-5,8-10H2,1H3;1H. The summed E-state index contributed by atoms with van der Waals surface area (Å²) in [5.74, 6) is -0.924. The molecule has 1 aromatic carbocycles. The highest BCUT2D eigenvalue weighted by Crippen LogP contribution is 2.37. The Morgan fingerprint density at radius 3 is 2.17 bits per heavy atom. The molecule has 0 aromatic heterocycles. The second kappa shape index (κ2) is 7.74. The summed E-state index contributed by atoms with van der Waals surface area (Å²) in [6.07, 6.45) is 4.03. The molecule has 6 heteroatoms. The Morgan fingerprint density at radius 2 is 1.62 bits per heavy atom. The third-order valence-electron chi connectivity index (χ3n) is 5.14. The van der Waals surface area contributed by atoms with Crippen LogP contribution in [-0.2, 0) is 9.47 Å². The first-order valence-electron chi connectivity index (χ1n) is 8.49. The summed E-state index contributed by atoms with van der Waals surface area (Å²) in [6.45, 7) is 2.04. The summed E-state index contributed by atoms with van der Waals surface area (Å²) in [5.41, 5.74) is 0.243. The average Bonchev–Trinajstić information content (AvgIpc) is 2.59. The van der Waals surface area contributed by atoms with E-state index < -0.39 is 30.5 Å². The van der Waals surface area contributed by atoms with Gasteiger partial charge in [-0.05, 0) is 36.8 Å². The molecule has 0 bridgehead atoms. The summed E-state index contributed by atoms with van der Waals surface area (Å²) in [4.78, 5) is 0. The normalized spacial score (nSPS) is 31.0. The molecule has 0 unspecified atom stereocenters. The van der Waals surface area contributed by atoms with E-state index in [-0.39, 0.29) is 6.99 Å². The first-order chi connectivity index (χ1) is 11.6. The highest BCUT2D eigenvalue weighted by atomic mass is 19.1. The fourth-order valence-electron chi connectivity index (χ4n) is 3.65. The van der Waals surface area contributed by atoms with E-state index in [1.807, 2.05) is 0 Å². The number of benzene rings is 1. The molecular weight excluding hydrogens is 321 g/mol. The fourth-order valence-corrected chi connectivity index (χ4v) is 3.65. The molecule has 1 saturated carbocycles. The average molecular weight is 346 g/mol. The lowest BCUT2D eigenvalue weighted by Crippen LogP contribution is -2.34. The van der Waals surface area contributed by atoms with Gasteiger partial charge in [0.25, 0.3) is 0 Å². The van der Waals surface area contributed by atoms with Crippen LogP contribution in [0.25, 0.3) is 0 Å². The van der Waals surface area contributed by atoms with Gasteiger partial charge in [0.15, 0.2) is 23.7 Å². The van der Waals surface area contributed by atoms with Crippen molar-refractivity contribution in [3.8, 4) is 5.75 Å². The van der Waals surface area contributed by atoms with Crippen molar-refractivity contribution in [1.29, 1.82) is 0 Å². The van der Waals surface area contributed by atoms with Crippen molar-refractivity contribution in [2.45, 2.75) is 38.9 Å². The molecule has 0 spiro atoms. The predicted octanol–water partition coefficient (Wildman–Crippen LogP) is 5.00. The Labute approximate surface area is 141 Å². The minimum Gasteiger partial charge on any atom is -0.457 e. The molecule has 3 nitrogen and oxygen atoms in total. The van der Waals surface area contributed by atoms with E-state index in [1.54, 1.807) is 0 Å². The van der Waals surface area contributed by atoms with Crippen LogP contribution in [0.15, 0.2) is 12.1 Å². The van der Waals surface area contributed by atoms with Crippen LogP contribution in [-0.4, -0.2) is 20.1 Å². The lowest BCUT2D eigenvalue weighted by Gasteiger charge is -2.37. The zero-order chi connectivity index (χ0) is 17.1. The molecule has 0 atom stereocenters. The number of hydrogen-bond acceptors (Lipinski definition) is 3. The van der Waals surface area contributed by atoms with E-state index in [4.69, 9.17) is 9.47 Å². The number of alkyl halides is 1. The summed E-state index contributed by atoms with van der Waals surface area (Å²) in [5, 5.41) is 0. The zero-order valence-corrected chi connectivity index (χ0v) is 13.8. The number of hydrogen-bond donors (Lipinski definition) is 0. The van der Waals surface area contributed by atoms with Crippen molar-refractivity contribution >= 4 is 0 Å². The number of ether oxygens (including phenoxy) is 3. The lowest BCUT2D eigenvalue weighted by atomic mass is 9.76. The lowest BCUT2D eigenvalue weighted by molar-refractivity contribution is -0.214. The topological polar surface area (TPSA) is 27.7 Å². The van der Waals surface area contributed by atoms with Gasteiger partial charge in [-0.1, -0.05) is 19.8 Å². The van der Waals surface area contributed by atoms with Gasteiger partial charge in [-0.25, -0.2) is 13.2 Å². The van der Waals surface area contributed by atoms with Crippen LogP contribution in [0.2, 0.25) is 0 Å². The molecule has 2 fully saturated rings. The van der Waals surface area contributed by atoms with Crippen molar-refractivity contribution in [1.82, 2.24) is 0 Å². The van der Waals surface area contributed by atoms with Crippen LogP contribution in [0.5, 0.6) is 5.75 Å². The largest absolute Gasteiger partial charge is 0.457 e. The summed E-state index contributed by atoms with van der Waals surface area (Å²) in [6, 6.07) is 2.14. The van der Waals surface area contributed by atoms with E-state index in [0.717, 1.165) is 18.1 Å². The third-order valence-corrected chi connectivity index (χ3v) is 5.14. The molecular formula is C18H25F3O3. The molecule has 1 saturated heterocycles. The SMILES string of the molecule is CC1CCC(C2COC(c3cc(F)c(OCF)c(F)c3)OC2)CC1.[HH]. The molecule has 1 aromatic rings. The minimum absolute atomic E-state index is 0. The molecule has 3 rings (SSSR count). The van der Waals surface area contributed by atoms with Crippen LogP contribution < -0.4 is 4.74 Å². The quantitative estimate of drug-likeness (QED) is 0.767. The van der Waals surface area contributed by atoms with Gasteiger partial charge in [0.1, 0.15) is 0 Å². The number of halogens is 3. The highest BCUT2D eigenvalue weighted by Gasteiger charge is 2.32. The summed E-state index contributed by atoms with van der Waals surface area (Å²) in [7, 11) is 0. The Hall–Kier alpha value is -1.27. The van der Waals surface area contributed by atoms with Crippen molar-refractivity contribution < 1.29 is 28.8 Å². The van der Waals surface area contributed by atoms with Crippen molar-refractivity contribution in [2.75, 3.05) is 20.1 Å². The van der Waals surface area contributed by atoms with E-state index in [2.05, 4.69) is 11.7 Å². The van der Waals surface area contributed by atoms with Crippen molar-refractivity contribution in [3.05, 3.63) is 29.3 Å². The van der Waals surface area contributed by atoms with E-state index in [0.29, 0.717) is 25.0 Å². The Balaban J connectivity index is 0.00000225. The molecule has 0 amide bonds.